The predicted octanol–water partition coefficient (Wildman–Crippen LogP) is 3.06. The van der Waals surface area contributed by atoms with E-state index in [0.717, 1.165) is 23.7 Å². The van der Waals surface area contributed by atoms with Gasteiger partial charge in [0.1, 0.15) is 0 Å². The molecule has 1 aromatic heterocycles. The van der Waals surface area contributed by atoms with Gasteiger partial charge >= 0.3 is 0 Å². The van der Waals surface area contributed by atoms with Crippen molar-refractivity contribution in [2.75, 3.05) is 23.3 Å². The summed E-state index contributed by atoms with van der Waals surface area (Å²) in [7, 11) is 0. The largest absolute Gasteiger partial charge is 0.380 e. The molecule has 0 atom stereocenters. The summed E-state index contributed by atoms with van der Waals surface area (Å²) in [5, 5.41) is 5.21. The molecule has 21 heavy (non-hydrogen) atoms. The van der Waals surface area contributed by atoms with Gasteiger partial charge in [-0.25, -0.2) is 0 Å². The van der Waals surface area contributed by atoms with Gasteiger partial charge in [-0.05, 0) is 37.1 Å². The number of nitrogens with two attached hydrogens (primary N) is 1. The predicted molar refractivity (Wildman–Crippen MR) is 88.1 cm³/mol. The number of primary amides is 1. The Balaban J connectivity index is 1.64. The molecule has 3 N–H and O–H groups in total. The first-order valence-electron chi connectivity index (χ1n) is 7.18. The molecule has 0 unspecified atom stereocenters. The number of anilines is 2. The average molecular weight is 301 g/mol. The van der Waals surface area contributed by atoms with E-state index < -0.39 is 0 Å². The second kappa shape index (κ2) is 6.18. The van der Waals surface area contributed by atoms with Crippen LogP contribution in [-0.4, -0.2) is 19.0 Å². The van der Waals surface area contributed by atoms with Crippen molar-refractivity contribution >= 4 is 28.6 Å². The number of thiophene rings is 1. The zero-order valence-electron chi connectivity index (χ0n) is 11.8. The molecule has 110 valence electrons. The number of nitrogens with zero attached hydrogens (tertiary/aromatic N) is 1. The van der Waals surface area contributed by atoms with E-state index in [1.54, 1.807) is 16.7 Å². The zero-order chi connectivity index (χ0) is 14.7. The summed E-state index contributed by atoms with van der Waals surface area (Å²) in [4.78, 5) is 14.6. The third-order valence-electron chi connectivity index (χ3n) is 3.72. The van der Waals surface area contributed by atoms with E-state index in [2.05, 4.69) is 34.5 Å². The van der Waals surface area contributed by atoms with Crippen molar-refractivity contribution < 1.29 is 4.79 Å². The van der Waals surface area contributed by atoms with Gasteiger partial charge in [-0.1, -0.05) is 6.07 Å². The topological polar surface area (TPSA) is 58.4 Å². The lowest BCUT2D eigenvalue weighted by atomic mass is 10.2. The van der Waals surface area contributed by atoms with Crippen molar-refractivity contribution in [2.24, 2.45) is 5.73 Å². The van der Waals surface area contributed by atoms with Crippen LogP contribution >= 0.6 is 11.3 Å². The summed E-state index contributed by atoms with van der Waals surface area (Å²) in [5.41, 5.74) is 8.24. The van der Waals surface area contributed by atoms with Crippen molar-refractivity contribution in [3.63, 3.8) is 0 Å². The minimum atomic E-state index is -0.367. The Kier molecular flexibility index (Phi) is 4.10. The highest BCUT2D eigenvalue weighted by atomic mass is 32.1. The minimum absolute atomic E-state index is 0.367. The molecule has 1 aliphatic heterocycles. The fourth-order valence-corrected chi connectivity index (χ4v) is 3.39. The lowest BCUT2D eigenvalue weighted by molar-refractivity contribution is 0.100. The third-order valence-corrected chi connectivity index (χ3v) is 4.66. The lowest BCUT2D eigenvalue weighted by Crippen LogP contribution is -2.17. The van der Waals surface area contributed by atoms with Crippen molar-refractivity contribution in [3.8, 4) is 0 Å². The molecule has 1 fully saturated rings. The average Bonchev–Trinajstić information content (AvgIpc) is 3.17. The molecule has 5 heteroatoms. The van der Waals surface area contributed by atoms with Gasteiger partial charge in [0.2, 0.25) is 5.91 Å². The standard InChI is InChI=1S/C16H19N3OS/c17-16(20)12-8-15(21-11-12)10-18-13-4-3-5-14(9-13)19-6-1-2-7-19/h3-5,8-9,11,18H,1-2,6-7,10H2,(H2,17,20). The summed E-state index contributed by atoms with van der Waals surface area (Å²) in [6, 6.07) is 10.4. The van der Waals surface area contributed by atoms with Gasteiger partial charge in [-0.2, -0.15) is 0 Å². The van der Waals surface area contributed by atoms with Gasteiger partial charge in [0, 0.05) is 41.3 Å². The first kappa shape index (κ1) is 13.9. The highest BCUT2D eigenvalue weighted by Gasteiger charge is 2.12. The quantitative estimate of drug-likeness (QED) is 0.892. The monoisotopic (exact) mass is 301 g/mol. The fourth-order valence-electron chi connectivity index (χ4n) is 2.58. The molecule has 2 heterocycles. The molecule has 0 spiro atoms. The summed E-state index contributed by atoms with van der Waals surface area (Å²) < 4.78 is 0. The second-order valence-electron chi connectivity index (χ2n) is 5.26. The van der Waals surface area contributed by atoms with Crippen LogP contribution in [0.25, 0.3) is 0 Å². The third kappa shape index (κ3) is 3.36. The van der Waals surface area contributed by atoms with Crippen molar-refractivity contribution in [1.29, 1.82) is 0 Å². The van der Waals surface area contributed by atoms with Gasteiger partial charge in [0.25, 0.3) is 0 Å². The van der Waals surface area contributed by atoms with Gasteiger partial charge in [0.15, 0.2) is 0 Å². The highest BCUT2D eigenvalue weighted by molar-refractivity contribution is 7.10. The molecule has 3 rings (SSSR count). The van der Waals surface area contributed by atoms with Gasteiger partial charge in [0.05, 0.1) is 5.56 Å². The van der Waals surface area contributed by atoms with Crippen molar-refractivity contribution in [2.45, 2.75) is 19.4 Å². The van der Waals surface area contributed by atoms with E-state index in [4.69, 9.17) is 5.73 Å². The van der Waals surface area contributed by atoms with E-state index in [1.165, 1.54) is 18.5 Å². The highest BCUT2D eigenvalue weighted by Crippen LogP contribution is 2.24. The Morgan fingerprint density at radius 1 is 1.29 bits per heavy atom. The maximum atomic E-state index is 11.1. The van der Waals surface area contributed by atoms with Crippen LogP contribution in [0.4, 0.5) is 11.4 Å². The second-order valence-corrected chi connectivity index (χ2v) is 6.26. The zero-order valence-corrected chi connectivity index (χ0v) is 12.7. The molecule has 0 saturated carbocycles. The van der Waals surface area contributed by atoms with Crippen LogP contribution in [0.2, 0.25) is 0 Å². The number of benzene rings is 1. The van der Waals surface area contributed by atoms with Crippen molar-refractivity contribution in [3.05, 3.63) is 46.2 Å². The van der Waals surface area contributed by atoms with E-state index in [9.17, 15) is 4.79 Å². The van der Waals surface area contributed by atoms with Crippen LogP contribution in [0.1, 0.15) is 28.1 Å². The van der Waals surface area contributed by atoms with Gasteiger partial charge < -0.3 is 16.0 Å². The number of carbonyl (C=O) groups is 1. The van der Waals surface area contributed by atoms with Gasteiger partial charge in [-0.15, -0.1) is 11.3 Å². The minimum Gasteiger partial charge on any atom is -0.380 e. The van der Waals surface area contributed by atoms with Crippen LogP contribution in [0.5, 0.6) is 0 Å². The van der Waals surface area contributed by atoms with Crippen LogP contribution in [0, 0.1) is 0 Å². The number of amides is 1. The Morgan fingerprint density at radius 3 is 2.81 bits per heavy atom. The summed E-state index contributed by atoms with van der Waals surface area (Å²) in [6.07, 6.45) is 2.56. The Bertz CT molecular complexity index is 632. The Morgan fingerprint density at radius 2 is 2.10 bits per heavy atom. The SMILES string of the molecule is NC(=O)c1csc(CNc2cccc(N3CCCC3)c2)c1. The molecule has 4 nitrogen and oxygen atoms in total. The van der Waals surface area contributed by atoms with Crippen LogP contribution in [0.15, 0.2) is 35.7 Å². The Labute approximate surface area is 128 Å². The summed E-state index contributed by atoms with van der Waals surface area (Å²) in [5.74, 6) is -0.367. The number of hydrogen-bond donors (Lipinski definition) is 2. The molecule has 0 bridgehead atoms. The Hall–Kier alpha value is -2.01. The number of carbonyl (C=O) groups excluding carboxylic acids is 1. The smallest absolute Gasteiger partial charge is 0.249 e. The molecule has 1 aliphatic rings. The van der Waals surface area contributed by atoms with E-state index in [1.807, 2.05) is 6.07 Å². The normalized spacial score (nSPS) is 14.4. The van der Waals surface area contributed by atoms with Crippen molar-refractivity contribution in [1.82, 2.24) is 0 Å². The van der Waals surface area contributed by atoms with Gasteiger partial charge in [-0.3, -0.25) is 4.79 Å². The molecule has 0 radical (unpaired) electrons. The maximum absolute atomic E-state index is 11.1. The van der Waals surface area contributed by atoms with Crippen LogP contribution in [-0.2, 0) is 6.54 Å². The van der Waals surface area contributed by atoms with E-state index in [0.29, 0.717) is 12.1 Å². The molecular formula is C16H19N3OS. The number of hydrogen-bond acceptors (Lipinski definition) is 4. The van der Waals surface area contributed by atoms with E-state index >= 15 is 0 Å². The molecule has 1 saturated heterocycles. The summed E-state index contributed by atoms with van der Waals surface area (Å²) >= 11 is 1.55. The molecule has 0 aliphatic carbocycles. The van der Waals surface area contributed by atoms with Crippen LogP contribution < -0.4 is 16.0 Å². The first-order valence-corrected chi connectivity index (χ1v) is 8.06. The first-order chi connectivity index (χ1) is 10.2. The number of rotatable bonds is 5. The maximum Gasteiger partial charge on any atom is 0.249 e. The fraction of sp³-hybridized carbons (Fsp3) is 0.312. The molecule has 1 amide bonds. The molecular weight excluding hydrogens is 282 g/mol. The number of nitrogens with one attached hydrogen (secondary N) is 1. The summed E-state index contributed by atoms with van der Waals surface area (Å²) in [6.45, 7) is 3.01. The van der Waals surface area contributed by atoms with E-state index in [-0.39, 0.29) is 5.91 Å². The van der Waals surface area contributed by atoms with Crippen LogP contribution in [0.3, 0.4) is 0 Å². The molecule has 2 aromatic rings. The molecule has 1 aromatic carbocycles. The lowest BCUT2D eigenvalue weighted by Gasteiger charge is -2.18.